The van der Waals surface area contributed by atoms with E-state index in [0.29, 0.717) is 38.9 Å². The van der Waals surface area contributed by atoms with Crippen LogP contribution in [0.2, 0.25) is 0 Å². The van der Waals surface area contributed by atoms with Crippen molar-refractivity contribution in [1.29, 1.82) is 0 Å². The van der Waals surface area contributed by atoms with E-state index in [1.807, 2.05) is 43.3 Å². The van der Waals surface area contributed by atoms with Crippen molar-refractivity contribution in [2.45, 2.75) is 64.3 Å². The van der Waals surface area contributed by atoms with E-state index in [2.05, 4.69) is 0 Å². The Morgan fingerprint density at radius 3 is 2.81 bits per heavy atom. The molecule has 3 N–H and O–H groups in total. The zero-order valence-corrected chi connectivity index (χ0v) is 18.2. The average molecular weight is 431 g/mol. The van der Waals surface area contributed by atoms with Gasteiger partial charge in [0.1, 0.15) is 5.78 Å². The molecule has 1 fully saturated rings. The number of carboxylic acids is 1. The maximum absolute atomic E-state index is 12.3. The highest BCUT2D eigenvalue weighted by Gasteiger charge is 2.39. The largest absolute Gasteiger partial charge is 0.481 e. The Balaban J connectivity index is 1.90. The van der Waals surface area contributed by atoms with Gasteiger partial charge in [-0.05, 0) is 37.3 Å². The van der Waals surface area contributed by atoms with Crippen molar-refractivity contribution in [3.8, 4) is 0 Å². The minimum absolute atomic E-state index is 0.0236. The van der Waals surface area contributed by atoms with Crippen molar-refractivity contribution in [1.82, 2.24) is 0 Å². The number of aliphatic hydroxyl groups excluding tert-OH is 2. The normalized spacial score (nSPS) is 22.5. The Morgan fingerprint density at radius 1 is 1.29 bits per heavy atom. The van der Waals surface area contributed by atoms with Crippen LogP contribution in [0, 0.1) is 11.8 Å². The summed E-state index contributed by atoms with van der Waals surface area (Å²) < 4.78 is 5.42. The van der Waals surface area contributed by atoms with Gasteiger partial charge in [0.25, 0.3) is 0 Å². The molecule has 0 bridgehead atoms. The molecule has 1 saturated carbocycles. The number of benzene rings is 1. The molecule has 1 aliphatic rings. The van der Waals surface area contributed by atoms with E-state index in [9.17, 15) is 19.8 Å². The number of aliphatic carboxylic acids is 1. The van der Waals surface area contributed by atoms with E-state index in [4.69, 9.17) is 9.84 Å². The van der Waals surface area contributed by atoms with Gasteiger partial charge in [-0.2, -0.15) is 0 Å². The Labute approximate surface area is 184 Å². The standard InChI is InChI=1S/C25H34O6/c1-2-31-17-19-9-7-8-18(14-19)15-20(26)12-13-22-21(23(27)16-24(22)28)10-5-3-4-6-11-25(29)30/h3,5,7-9,12-14,20-22,24,26,28H,2,4,6,10-11,15-17H2,1H3,(H,29,30)/b5-3-,13-12+/t20?,21-,22-,24+/m1/s1. The number of aliphatic hydroxyl groups is 2. The Bertz CT molecular complexity index is 769. The lowest BCUT2D eigenvalue weighted by molar-refractivity contribution is -0.137. The molecule has 1 unspecified atom stereocenters. The highest BCUT2D eigenvalue weighted by atomic mass is 16.5. The summed E-state index contributed by atoms with van der Waals surface area (Å²) >= 11 is 0. The van der Waals surface area contributed by atoms with Gasteiger partial charge in [-0.3, -0.25) is 9.59 Å². The predicted octanol–water partition coefficient (Wildman–Crippen LogP) is 3.45. The van der Waals surface area contributed by atoms with Crippen LogP contribution >= 0.6 is 0 Å². The first-order valence-electron chi connectivity index (χ1n) is 11.0. The van der Waals surface area contributed by atoms with Crippen molar-refractivity contribution in [2.75, 3.05) is 6.61 Å². The number of carbonyl (C=O) groups excluding carboxylic acids is 1. The molecule has 1 aliphatic carbocycles. The molecule has 170 valence electrons. The van der Waals surface area contributed by atoms with Crippen LogP contribution in [0.15, 0.2) is 48.6 Å². The fraction of sp³-hybridized carbons (Fsp3) is 0.520. The lowest BCUT2D eigenvalue weighted by atomic mass is 9.90. The summed E-state index contributed by atoms with van der Waals surface area (Å²) in [6.45, 7) is 3.14. The van der Waals surface area contributed by atoms with Gasteiger partial charge in [-0.1, -0.05) is 48.6 Å². The van der Waals surface area contributed by atoms with Gasteiger partial charge < -0.3 is 20.1 Å². The van der Waals surface area contributed by atoms with Gasteiger partial charge in [0.15, 0.2) is 0 Å². The maximum atomic E-state index is 12.3. The van der Waals surface area contributed by atoms with E-state index in [1.165, 1.54) is 0 Å². The molecular weight excluding hydrogens is 396 g/mol. The molecular formula is C25H34O6. The topological polar surface area (TPSA) is 104 Å². The highest BCUT2D eigenvalue weighted by Crippen LogP contribution is 2.33. The molecule has 31 heavy (non-hydrogen) atoms. The van der Waals surface area contributed by atoms with Crippen molar-refractivity contribution >= 4 is 11.8 Å². The summed E-state index contributed by atoms with van der Waals surface area (Å²) in [5.41, 5.74) is 2.06. The summed E-state index contributed by atoms with van der Waals surface area (Å²) in [5, 5.41) is 29.4. The van der Waals surface area contributed by atoms with Crippen LogP contribution in [-0.4, -0.2) is 45.9 Å². The molecule has 4 atom stereocenters. The first-order valence-corrected chi connectivity index (χ1v) is 11.0. The second-order valence-corrected chi connectivity index (χ2v) is 8.03. The third kappa shape index (κ3) is 8.77. The van der Waals surface area contributed by atoms with Gasteiger partial charge in [0.2, 0.25) is 0 Å². The quantitative estimate of drug-likeness (QED) is 0.327. The van der Waals surface area contributed by atoms with Gasteiger partial charge in [-0.15, -0.1) is 0 Å². The zero-order chi connectivity index (χ0) is 22.6. The summed E-state index contributed by atoms with van der Waals surface area (Å²) in [4.78, 5) is 22.8. The van der Waals surface area contributed by atoms with Crippen LogP contribution < -0.4 is 0 Å². The van der Waals surface area contributed by atoms with E-state index < -0.39 is 18.2 Å². The molecule has 0 aromatic heterocycles. The number of rotatable bonds is 13. The molecule has 1 aromatic carbocycles. The fourth-order valence-corrected chi connectivity index (χ4v) is 3.89. The van der Waals surface area contributed by atoms with Crippen molar-refractivity contribution < 1.29 is 29.6 Å². The Kier molecular flexibility index (Phi) is 10.6. The van der Waals surface area contributed by atoms with Crippen molar-refractivity contribution in [3.63, 3.8) is 0 Å². The Morgan fingerprint density at radius 2 is 2.06 bits per heavy atom. The van der Waals surface area contributed by atoms with Gasteiger partial charge in [-0.25, -0.2) is 0 Å². The molecule has 0 aliphatic heterocycles. The van der Waals surface area contributed by atoms with Crippen LogP contribution in [0.4, 0.5) is 0 Å². The van der Waals surface area contributed by atoms with Gasteiger partial charge in [0.05, 0.1) is 18.8 Å². The van der Waals surface area contributed by atoms with Crippen LogP contribution in [-0.2, 0) is 27.4 Å². The lowest BCUT2D eigenvalue weighted by Gasteiger charge is -2.17. The number of hydrogen-bond donors (Lipinski definition) is 3. The fourth-order valence-electron chi connectivity index (χ4n) is 3.89. The summed E-state index contributed by atoms with van der Waals surface area (Å²) in [6, 6.07) is 7.90. The first kappa shape index (κ1) is 25.0. The number of ketones is 1. The van der Waals surface area contributed by atoms with Crippen LogP contribution in [0.3, 0.4) is 0 Å². The van der Waals surface area contributed by atoms with Crippen molar-refractivity contribution in [3.05, 3.63) is 59.7 Å². The van der Waals surface area contributed by atoms with E-state index in [1.54, 1.807) is 12.2 Å². The van der Waals surface area contributed by atoms with Gasteiger partial charge in [0, 0.05) is 37.7 Å². The smallest absolute Gasteiger partial charge is 0.303 e. The average Bonchev–Trinajstić information content (AvgIpc) is 2.99. The molecule has 0 heterocycles. The second kappa shape index (κ2) is 13.2. The van der Waals surface area contributed by atoms with E-state index >= 15 is 0 Å². The summed E-state index contributed by atoms with van der Waals surface area (Å²) in [6.07, 6.45) is 8.20. The number of unbranched alkanes of at least 4 members (excludes halogenated alkanes) is 1. The van der Waals surface area contributed by atoms with Gasteiger partial charge >= 0.3 is 5.97 Å². The number of ether oxygens (including phenoxy) is 1. The van der Waals surface area contributed by atoms with Crippen LogP contribution in [0.25, 0.3) is 0 Å². The molecule has 0 radical (unpaired) electrons. The van der Waals surface area contributed by atoms with E-state index in [0.717, 1.165) is 11.1 Å². The van der Waals surface area contributed by atoms with Crippen LogP contribution in [0.1, 0.15) is 50.2 Å². The number of hydrogen-bond acceptors (Lipinski definition) is 5. The van der Waals surface area contributed by atoms with Crippen molar-refractivity contribution in [2.24, 2.45) is 11.8 Å². The second-order valence-electron chi connectivity index (χ2n) is 8.03. The molecule has 2 rings (SSSR count). The number of carbonyl (C=O) groups is 2. The number of carboxylic acid groups (broad SMARTS) is 1. The van der Waals surface area contributed by atoms with Crippen LogP contribution in [0.5, 0.6) is 0 Å². The highest BCUT2D eigenvalue weighted by molar-refractivity contribution is 5.84. The molecule has 0 spiro atoms. The molecule has 1 aromatic rings. The predicted molar refractivity (Wildman–Crippen MR) is 118 cm³/mol. The maximum Gasteiger partial charge on any atom is 0.303 e. The lowest BCUT2D eigenvalue weighted by Crippen LogP contribution is -2.19. The van der Waals surface area contributed by atoms with E-state index in [-0.39, 0.29) is 30.5 Å². The molecule has 0 saturated heterocycles. The third-order valence-electron chi connectivity index (χ3n) is 5.52. The summed E-state index contributed by atoms with van der Waals surface area (Å²) in [7, 11) is 0. The monoisotopic (exact) mass is 430 g/mol. The first-order chi connectivity index (χ1) is 14.9. The summed E-state index contributed by atoms with van der Waals surface area (Å²) in [5.74, 6) is -1.43. The molecule has 0 amide bonds. The SMILES string of the molecule is CCOCc1cccc(CC(O)/C=C/[C@H]2[C@@H](O)CC(=O)[C@@H]2C/C=C\CCCC(=O)O)c1. The third-order valence-corrected chi connectivity index (χ3v) is 5.52. The Hall–Kier alpha value is -2.28. The minimum Gasteiger partial charge on any atom is -0.481 e. The number of allylic oxidation sites excluding steroid dienone is 2. The minimum atomic E-state index is -0.813. The number of Topliss-reactive ketones (excluding diaryl/α,β-unsaturated/α-hetero) is 1. The zero-order valence-electron chi connectivity index (χ0n) is 18.2. The molecule has 6 nitrogen and oxygen atoms in total. The molecule has 6 heteroatoms.